The zero-order valence-corrected chi connectivity index (χ0v) is 13.2. The van der Waals surface area contributed by atoms with Gasteiger partial charge < -0.3 is 9.84 Å². The molecule has 0 amide bonds. The summed E-state index contributed by atoms with van der Waals surface area (Å²) in [6, 6.07) is 8.83. The summed E-state index contributed by atoms with van der Waals surface area (Å²) in [6.45, 7) is 4.14. The lowest BCUT2D eigenvalue weighted by Crippen LogP contribution is -2.25. The van der Waals surface area contributed by atoms with Crippen molar-refractivity contribution < 1.29 is 14.6 Å². The number of ether oxygens (including phenoxy) is 1. The Kier molecular flexibility index (Phi) is 5.20. The Morgan fingerprint density at radius 2 is 1.95 bits per heavy atom. The molecule has 5 heteroatoms. The highest BCUT2D eigenvalue weighted by atomic mass is 16.5. The number of aromatic hydroxyl groups is 1. The fourth-order valence-electron chi connectivity index (χ4n) is 2.68. The number of phenols is 1. The summed E-state index contributed by atoms with van der Waals surface area (Å²) in [5, 5.41) is 14.0. The highest BCUT2D eigenvalue weighted by Gasteiger charge is 2.32. The quantitative estimate of drug-likeness (QED) is 0.833. The van der Waals surface area contributed by atoms with Gasteiger partial charge in [0.2, 0.25) is 0 Å². The molecule has 1 aromatic heterocycles. The van der Waals surface area contributed by atoms with E-state index >= 15 is 0 Å². The number of benzene rings is 1. The summed E-state index contributed by atoms with van der Waals surface area (Å²) < 4.78 is 6.95. The zero-order valence-electron chi connectivity index (χ0n) is 13.2. The van der Waals surface area contributed by atoms with Crippen LogP contribution in [0.4, 0.5) is 0 Å². The van der Waals surface area contributed by atoms with Crippen LogP contribution in [0.25, 0.3) is 0 Å². The number of hydrogen-bond donors (Lipinski definition) is 1. The van der Waals surface area contributed by atoms with Crippen LogP contribution in [-0.2, 0) is 16.6 Å². The molecule has 0 spiro atoms. The monoisotopic (exact) mass is 302 g/mol. The zero-order chi connectivity index (χ0) is 16.1. The van der Waals surface area contributed by atoms with Crippen molar-refractivity contribution in [3.05, 3.63) is 47.8 Å². The number of rotatable bonds is 6. The van der Waals surface area contributed by atoms with Crippen LogP contribution >= 0.6 is 0 Å². The second-order valence-corrected chi connectivity index (χ2v) is 5.25. The smallest absolute Gasteiger partial charge is 0.309 e. The number of aromatic nitrogens is 2. The van der Waals surface area contributed by atoms with Gasteiger partial charge in [0, 0.05) is 19.2 Å². The van der Waals surface area contributed by atoms with Crippen molar-refractivity contribution in [1.29, 1.82) is 0 Å². The fourth-order valence-corrected chi connectivity index (χ4v) is 2.68. The van der Waals surface area contributed by atoms with E-state index in [1.54, 1.807) is 23.7 Å². The van der Waals surface area contributed by atoms with E-state index in [4.69, 9.17) is 4.74 Å². The fraction of sp³-hybridized carbons (Fsp3) is 0.412. The van der Waals surface area contributed by atoms with Crippen molar-refractivity contribution >= 4 is 5.97 Å². The summed E-state index contributed by atoms with van der Waals surface area (Å²) in [5.41, 5.74) is 1.77. The maximum atomic E-state index is 12.3. The van der Waals surface area contributed by atoms with Crippen LogP contribution in [0.1, 0.15) is 37.4 Å². The van der Waals surface area contributed by atoms with Crippen molar-refractivity contribution in [3.8, 4) is 5.75 Å². The first-order chi connectivity index (χ1) is 10.6. The molecule has 0 fully saturated rings. The van der Waals surface area contributed by atoms with E-state index in [1.165, 1.54) is 0 Å². The lowest BCUT2D eigenvalue weighted by molar-refractivity contribution is -0.148. The third-order valence-electron chi connectivity index (χ3n) is 3.74. The van der Waals surface area contributed by atoms with Gasteiger partial charge in [-0.25, -0.2) is 0 Å². The van der Waals surface area contributed by atoms with Crippen molar-refractivity contribution in [3.63, 3.8) is 0 Å². The van der Waals surface area contributed by atoms with Gasteiger partial charge in [0.1, 0.15) is 5.75 Å². The third-order valence-corrected chi connectivity index (χ3v) is 3.74. The van der Waals surface area contributed by atoms with E-state index in [-0.39, 0.29) is 23.6 Å². The van der Waals surface area contributed by atoms with Crippen LogP contribution in [0.2, 0.25) is 0 Å². The van der Waals surface area contributed by atoms with Gasteiger partial charge in [-0.3, -0.25) is 9.48 Å². The van der Waals surface area contributed by atoms with Gasteiger partial charge in [0.15, 0.2) is 0 Å². The molecule has 2 unspecified atom stereocenters. The molecule has 118 valence electrons. The first-order valence-corrected chi connectivity index (χ1v) is 7.51. The minimum atomic E-state index is -0.306. The van der Waals surface area contributed by atoms with Crippen molar-refractivity contribution in [1.82, 2.24) is 9.78 Å². The van der Waals surface area contributed by atoms with Gasteiger partial charge in [-0.2, -0.15) is 5.10 Å². The van der Waals surface area contributed by atoms with Crippen molar-refractivity contribution in [2.24, 2.45) is 13.0 Å². The largest absolute Gasteiger partial charge is 0.508 e. The first-order valence-electron chi connectivity index (χ1n) is 7.51. The van der Waals surface area contributed by atoms with E-state index in [9.17, 15) is 9.90 Å². The highest BCUT2D eigenvalue weighted by Crippen LogP contribution is 2.34. The maximum Gasteiger partial charge on any atom is 0.309 e. The van der Waals surface area contributed by atoms with Gasteiger partial charge in [-0.1, -0.05) is 19.1 Å². The van der Waals surface area contributed by atoms with Gasteiger partial charge in [-0.15, -0.1) is 0 Å². The number of hydrogen-bond acceptors (Lipinski definition) is 4. The predicted molar refractivity (Wildman–Crippen MR) is 83.6 cm³/mol. The number of carbonyl (C=O) groups excluding carboxylic acids is 1. The molecule has 0 aliphatic heterocycles. The molecule has 0 bridgehead atoms. The van der Waals surface area contributed by atoms with Crippen LogP contribution in [0.5, 0.6) is 5.75 Å². The Morgan fingerprint density at radius 3 is 2.45 bits per heavy atom. The molecule has 1 heterocycles. The lowest BCUT2D eigenvalue weighted by Gasteiger charge is -2.23. The molecule has 0 radical (unpaired) electrons. The Labute approximate surface area is 130 Å². The molecule has 0 aliphatic carbocycles. The molecule has 2 atom stereocenters. The number of nitrogens with zero attached hydrogens (tertiary/aromatic N) is 2. The van der Waals surface area contributed by atoms with E-state index in [0.717, 1.165) is 11.3 Å². The number of aryl methyl sites for hydroxylation is 1. The molecule has 0 saturated carbocycles. The molecule has 0 saturated heterocycles. The predicted octanol–water partition coefficient (Wildman–Crippen LogP) is 2.85. The summed E-state index contributed by atoms with van der Waals surface area (Å²) in [4.78, 5) is 12.3. The lowest BCUT2D eigenvalue weighted by atomic mass is 9.82. The van der Waals surface area contributed by atoms with Gasteiger partial charge >= 0.3 is 5.97 Å². The van der Waals surface area contributed by atoms with Crippen molar-refractivity contribution in [2.45, 2.75) is 26.2 Å². The average molecular weight is 302 g/mol. The molecule has 1 N–H and O–H groups in total. The second-order valence-electron chi connectivity index (χ2n) is 5.25. The summed E-state index contributed by atoms with van der Waals surface area (Å²) >= 11 is 0. The Bertz CT molecular complexity index is 619. The Balaban J connectivity index is 2.44. The highest BCUT2D eigenvalue weighted by molar-refractivity contribution is 5.74. The molecule has 5 nitrogen and oxygen atoms in total. The molecule has 1 aromatic carbocycles. The Morgan fingerprint density at radius 1 is 1.27 bits per heavy atom. The minimum Gasteiger partial charge on any atom is -0.508 e. The molecule has 2 aromatic rings. The standard InChI is InChI=1S/C17H22N2O3/c1-4-14(17(21)22-5-2)16(15-10-11-19(3)18-15)12-6-8-13(20)9-7-12/h6-11,14,16,20H,4-5H2,1-3H3. The van der Waals surface area contributed by atoms with Crippen LogP contribution in [0.3, 0.4) is 0 Å². The molecule has 22 heavy (non-hydrogen) atoms. The van der Waals surface area contributed by atoms with Crippen LogP contribution in [0.15, 0.2) is 36.5 Å². The topological polar surface area (TPSA) is 64.3 Å². The van der Waals surface area contributed by atoms with E-state index in [1.807, 2.05) is 38.4 Å². The van der Waals surface area contributed by atoms with E-state index in [0.29, 0.717) is 13.0 Å². The average Bonchev–Trinajstić information content (AvgIpc) is 2.92. The normalized spacial score (nSPS) is 13.6. The van der Waals surface area contributed by atoms with E-state index < -0.39 is 0 Å². The van der Waals surface area contributed by atoms with Crippen LogP contribution in [0, 0.1) is 5.92 Å². The van der Waals surface area contributed by atoms with E-state index in [2.05, 4.69) is 5.10 Å². The maximum absolute atomic E-state index is 12.3. The molecular formula is C17H22N2O3. The summed E-state index contributed by atoms with van der Waals surface area (Å²) in [5.74, 6) is -0.508. The van der Waals surface area contributed by atoms with Crippen molar-refractivity contribution in [2.75, 3.05) is 6.61 Å². The van der Waals surface area contributed by atoms with Crippen LogP contribution in [-0.4, -0.2) is 27.5 Å². The van der Waals surface area contributed by atoms with Gasteiger partial charge in [0.25, 0.3) is 0 Å². The van der Waals surface area contributed by atoms with Gasteiger partial charge in [-0.05, 0) is 37.1 Å². The summed E-state index contributed by atoms with van der Waals surface area (Å²) in [7, 11) is 1.85. The first kappa shape index (κ1) is 16.1. The second kappa shape index (κ2) is 7.11. The number of esters is 1. The number of carbonyl (C=O) groups is 1. The molecule has 0 aliphatic rings. The number of phenolic OH excluding ortho intramolecular Hbond substituents is 1. The van der Waals surface area contributed by atoms with Gasteiger partial charge in [0.05, 0.1) is 18.2 Å². The third kappa shape index (κ3) is 3.47. The molecular weight excluding hydrogens is 280 g/mol. The summed E-state index contributed by atoms with van der Waals surface area (Å²) in [6.07, 6.45) is 2.52. The SMILES string of the molecule is CCOC(=O)C(CC)C(c1ccc(O)cc1)c1ccn(C)n1. The minimum absolute atomic E-state index is 0.189. The van der Waals surface area contributed by atoms with Crippen LogP contribution < -0.4 is 0 Å². The Hall–Kier alpha value is -2.30. The molecule has 2 rings (SSSR count).